The van der Waals surface area contributed by atoms with Crippen molar-refractivity contribution in [1.29, 1.82) is 0 Å². The van der Waals surface area contributed by atoms with Crippen LogP contribution in [-0.2, 0) is 19.1 Å². The maximum atomic E-state index is 12.5. The molecule has 0 aliphatic carbocycles. The topological polar surface area (TPSA) is 49.3 Å². The predicted molar refractivity (Wildman–Crippen MR) is 91.0 cm³/mol. The van der Waals surface area contributed by atoms with Gasteiger partial charge in [-0.05, 0) is 34.5 Å². The minimum Gasteiger partial charge on any atom is -0.356 e. The van der Waals surface area contributed by atoms with Gasteiger partial charge in [0, 0.05) is 23.8 Å². The number of thiazole rings is 1. The molecule has 0 radical (unpaired) electrons. The molecule has 23 heavy (non-hydrogen) atoms. The molecule has 2 aromatic heterocycles. The van der Waals surface area contributed by atoms with Crippen molar-refractivity contribution in [3.8, 4) is 0 Å². The third-order valence-corrected chi connectivity index (χ3v) is 5.30. The Kier molecular flexibility index (Phi) is 6.42. The van der Waals surface area contributed by atoms with E-state index in [1.807, 2.05) is 12.1 Å². The Morgan fingerprint density at radius 1 is 1.35 bits per heavy atom. The fourth-order valence-electron chi connectivity index (χ4n) is 1.69. The number of nitrogens with zero attached hydrogens (tertiary/aromatic N) is 2. The molecule has 2 aromatic rings. The van der Waals surface area contributed by atoms with Gasteiger partial charge in [0.15, 0.2) is 11.7 Å². The van der Waals surface area contributed by atoms with E-state index in [4.69, 9.17) is 0 Å². The van der Waals surface area contributed by atoms with Crippen molar-refractivity contribution in [3.63, 3.8) is 0 Å². The average Bonchev–Trinajstić information content (AvgIpc) is 3.11. The highest BCUT2D eigenvalue weighted by molar-refractivity contribution is 9.11. The molecule has 0 atom stereocenters. The summed E-state index contributed by atoms with van der Waals surface area (Å²) in [5.74, 6) is 0.532. The lowest BCUT2D eigenvalue weighted by molar-refractivity contribution is -0.140. The minimum atomic E-state index is -4.40. The van der Waals surface area contributed by atoms with E-state index in [1.165, 1.54) is 4.88 Å². The van der Waals surface area contributed by atoms with Gasteiger partial charge in [-0.1, -0.05) is 0 Å². The molecule has 0 unspecified atom stereocenters. The number of hydrogen-bond donors (Lipinski definition) is 2. The molecule has 0 bridgehead atoms. The molecule has 0 fully saturated rings. The molecule has 4 nitrogen and oxygen atoms in total. The smallest absolute Gasteiger partial charge is 0.356 e. The van der Waals surface area contributed by atoms with E-state index in [0.717, 1.165) is 26.9 Å². The Labute approximate surface area is 148 Å². The molecule has 126 valence electrons. The van der Waals surface area contributed by atoms with Crippen molar-refractivity contribution < 1.29 is 13.2 Å². The van der Waals surface area contributed by atoms with Gasteiger partial charge in [0.2, 0.25) is 0 Å². The molecule has 0 aromatic carbocycles. The first-order chi connectivity index (χ1) is 10.9. The van der Waals surface area contributed by atoms with E-state index in [9.17, 15) is 13.2 Å². The van der Waals surface area contributed by atoms with Crippen molar-refractivity contribution in [2.24, 2.45) is 4.99 Å². The summed E-state index contributed by atoms with van der Waals surface area (Å²) in [6, 6.07) is 4.04. The van der Waals surface area contributed by atoms with Gasteiger partial charge in [0.25, 0.3) is 0 Å². The summed E-state index contributed by atoms with van der Waals surface area (Å²) >= 11 is 6.05. The Hall–Kier alpha value is -1.13. The summed E-state index contributed by atoms with van der Waals surface area (Å²) in [4.78, 5) is 8.83. The van der Waals surface area contributed by atoms with E-state index >= 15 is 0 Å². The Balaban J connectivity index is 1.77. The van der Waals surface area contributed by atoms with Crippen LogP contribution < -0.4 is 10.6 Å². The number of aliphatic imine (C=N–C) groups is 1. The van der Waals surface area contributed by atoms with Crippen molar-refractivity contribution in [3.05, 3.63) is 36.9 Å². The molecule has 2 heterocycles. The van der Waals surface area contributed by atoms with E-state index in [1.54, 1.807) is 18.4 Å². The molecule has 0 spiro atoms. The molecule has 0 saturated heterocycles. The lowest BCUT2D eigenvalue weighted by Gasteiger charge is -2.10. The molecule has 10 heteroatoms. The lowest BCUT2D eigenvalue weighted by Crippen LogP contribution is -2.37. The van der Waals surface area contributed by atoms with Crippen molar-refractivity contribution in [1.82, 2.24) is 15.6 Å². The quantitative estimate of drug-likeness (QED) is 0.563. The lowest BCUT2D eigenvalue weighted by atomic mass is 10.3. The third kappa shape index (κ3) is 5.78. The van der Waals surface area contributed by atoms with Crippen LogP contribution in [0, 0.1) is 0 Å². The van der Waals surface area contributed by atoms with Gasteiger partial charge in [-0.15, -0.1) is 22.7 Å². The van der Waals surface area contributed by atoms with Crippen LogP contribution in [0.25, 0.3) is 0 Å². The molecule has 0 aliphatic heterocycles. The maximum absolute atomic E-state index is 12.5. The van der Waals surface area contributed by atoms with Gasteiger partial charge in [0.05, 0.1) is 10.3 Å². The summed E-state index contributed by atoms with van der Waals surface area (Å²) in [7, 11) is 1.61. The van der Waals surface area contributed by atoms with Crippen LogP contribution in [0.5, 0.6) is 0 Å². The number of nitrogens with one attached hydrogen (secondary N) is 2. The van der Waals surface area contributed by atoms with Crippen LogP contribution >= 0.6 is 38.6 Å². The largest absolute Gasteiger partial charge is 0.434 e. The number of alkyl halides is 3. The van der Waals surface area contributed by atoms with E-state index in [2.05, 4.69) is 36.5 Å². The zero-order valence-electron chi connectivity index (χ0n) is 12.1. The fraction of sp³-hybridized carbons (Fsp3) is 0.385. The number of halogens is 4. The summed E-state index contributed by atoms with van der Waals surface area (Å²) in [5.41, 5.74) is -0.856. The number of rotatable bonds is 5. The second kappa shape index (κ2) is 8.11. The first-order valence-corrected chi connectivity index (χ1v) is 9.07. The Morgan fingerprint density at radius 3 is 2.70 bits per heavy atom. The van der Waals surface area contributed by atoms with E-state index in [-0.39, 0.29) is 6.54 Å². The van der Waals surface area contributed by atoms with Gasteiger partial charge in [-0.25, -0.2) is 4.98 Å². The zero-order chi connectivity index (χ0) is 16.9. The van der Waals surface area contributed by atoms with Gasteiger partial charge < -0.3 is 10.6 Å². The summed E-state index contributed by atoms with van der Waals surface area (Å²) in [6.45, 7) is 0.878. The second-order valence-electron chi connectivity index (χ2n) is 4.43. The first-order valence-electron chi connectivity index (χ1n) is 6.59. The molecule has 2 N–H and O–H groups in total. The Bertz CT molecular complexity index is 666. The van der Waals surface area contributed by atoms with Crippen LogP contribution in [-0.4, -0.2) is 24.5 Å². The van der Waals surface area contributed by atoms with E-state index in [0.29, 0.717) is 17.5 Å². The normalized spacial score (nSPS) is 12.5. The number of aromatic nitrogens is 1. The molecule has 0 saturated carbocycles. The van der Waals surface area contributed by atoms with Gasteiger partial charge in [-0.2, -0.15) is 13.2 Å². The standard InChI is InChI=1S/C13H14BrF3N4S2/c1-18-12(19-5-4-8-2-3-10(14)23-8)20-6-11-21-9(7-22-11)13(15,16)17/h2-3,7H,4-6H2,1H3,(H2,18,19,20). The van der Waals surface area contributed by atoms with E-state index < -0.39 is 11.9 Å². The van der Waals surface area contributed by atoms with Crippen LogP contribution in [0.4, 0.5) is 13.2 Å². The summed E-state index contributed by atoms with van der Waals surface area (Å²) < 4.78 is 38.5. The average molecular weight is 427 g/mol. The monoisotopic (exact) mass is 426 g/mol. The van der Waals surface area contributed by atoms with Gasteiger partial charge in [0.1, 0.15) is 5.01 Å². The first kappa shape index (κ1) is 18.2. The SMILES string of the molecule is CN=C(NCCc1ccc(Br)s1)NCc1nc(C(F)(F)F)cs1. The number of thiophene rings is 1. The number of hydrogen-bond acceptors (Lipinski definition) is 4. The maximum Gasteiger partial charge on any atom is 0.434 e. The Morgan fingerprint density at radius 2 is 2.13 bits per heavy atom. The van der Waals surface area contributed by atoms with Gasteiger partial charge in [-0.3, -0.25) is 4.99 Å². The highest BCUT2D eigenvalue weighted by Crippen LogP contribution is 2.29. The highest BCUT2D eigenvalue weighted by Gasteiger charge is 2.33. The molecule has 0 amide bonds. The predicted octanol–water partition coefficient (Wildman–Crippen LogP) is 3.89. The van der Waals surface area contributed by atoms with Crippen LogP contribution in [0.2, 0.25) is 0 Å². The highest BCUT2D eigenvalue weighted by atomic mass is 79.9. The molecule has 0 aliphatic rings. The molecule has 2 rings (SSSR count). The van der Waals surface area contributed by atoms with Gasteiger partial charge >= 0.3 is 6.18 Å². The summed E-state index contributed by atoms with van der Waals surface area (Å²) in [5, 5.41) is 7.45. The fourth-order valence-corrected chi connectivity index (χ4v) is 3.92. The van der Waals surface area contributed by atoms with Crippen LogP contribution in [0.3, 0.4) is 0 Å². The zero-order valence-corrected chi connectivity index (χ0v) is 15.3. The van der Waals surface area contributed by atoms with Crippen LogP contribution in [0.1, 0.15) is 15.6 Å². The van der Waals surface area contributed by atoms with Crippen LogP contribution in [0.15, 0.2) is 26.3 Å². The van der Waals surface area contributed by atoms with Crippen molar-refractivity contribution in [2.75, 3.05) is 13.6 Å². The number of guanidine groups is 1. The summed E-state index contributed by atoms with van der Waals surface area (Å²) in [6.07, 6.45) is -3.56. The molecular weight excluding hydrogens is 413 g/mol. The molecular formula is C13H14BrF3N4S2. The second-order valence-corrected chi connectivity index (χ2v) is 7.92. The minimum absolute atomic E-state index is 0.199. The van der Waals surface area contributed by atoms with Crippen molar-refractivity contribution >= 4 is 44.6 Å². The van der Waals surface area contributed by atoms with Crippen molar-refractivity contribution in [2.45, 2.75) is 19.1 Å². The third-order valence-electron chi connectivity index (χ3n) is 2.77.